The summed E-state index contributed by atoms with van der Waals surface area (Å²) >= 11 is 1.41. The van der Waals surface area contributed by atoms with Crippen molar-refractivity contribution in [1.29, 1.82) is 0 Å². The number of aromatic nitrogens is 3. The Hall–Kier alpha value is -2.60. The number of carbonyl (C=O) groups excluding carboxylic acids is 1. The monoisotopic (exact) mass is 422 g/mol. The first-order chi connectivity index (χ1) is 14.3. The van der Waals surface area contributed by atoms with Crippen molar-refractivity contribution in [1.82, 2.24) is 14.8 Å². The van der Waals surface area contributed by atoms with Crippen LogP contribution in [0.3, 0.4) is 0 Å². The standard InChI is InChI=1S/C24H30N4OS/c1-6-17-8-14-20(15-9-17)25-21(29)16-30-23-27-26-22(28(23)7-2)18-10-12-19(13-11-18)24(3,4)5/h8-15H,6-7,16H2,1-5H3,(H,25,29). The molecule has 0 saturated heterocycles. The van der Waals surface area contributed by atoms with Crippen LogP contribution in [-0.2, 0) is 23.2 Å². The van der Waals surface area contributed by atoms with Crippen molar-refractivity contribution in [2.24, 2.45) is 0 Å². The Kier molecular flexibility index (Phi) is 6.98. The quantitative estimate of drug-likeness (QED) is 0.507. The third-order valence-electron chi connectivity index (χ3n) is 5.02. The lowest BCUT2D eigenvalue weighted by Crippen LogP contribution is -2.14. The van der Waals surface area contributed by atoms with Crippen LogP contribution in [0, 0.1) is 0 Å². The second kappa shape index (κ2) is 9.47. The first kappa shape index (κ1) is 22.1. The Morgan fingerprint density at radius 3 is 2.23 bits per heavy atom. The van der Waals surface area contributed by atoms with Crippen molar-refractivity contribution in [3.05, 3.63) is 59.7 Å². The highest BCUT2D eigenvalue weighted by molar-refractivity contribution is 7.99. The molecule has 3 aromatic rings. The molecule has 3 rings (SSSR count). The fourth-order valence-electron chi connectivity index (χ4n) is 3.16. The van der Waals surface area contributed by atoms with Crippen LogP contribution in [0.4, 0.5) is 5.69 Å². The fraction of sp³-hybridized carbons (Fsp3) is 0.375. The van der Waals surface area contributed by atoms with Crippen LogP contribution in [0.2, 0.25) is 0 Å². The minimum absolute atomic E-state index is 0.0500. The second-order valence-electron chi connectivity index (χ2n) is 8.27. The van der Waals surface area contributed by atoms with E-state index in [0.29, 0.717) is 0 Å². The molecule has 0 saturated carbocycles. The van der Waals surface area contributed by atoms with Gasteiger partial charge in [-0.1, -0.05) is 75.9 Å². The van der Waals surface area contributed by atoms with Gasteiger partial charge in [0.15, 0.2) is 11.0 Å². The van der Waals surface area contributed by atoms with Crippen LogP contribution in [0.5, 0.6) is 0 Å². The number of hydrogen-bond acceptors (Lipinski definition) is 4. The van der Waals surface area contributed by atoms with E-state index in [4.69, 9.17) is 0 Å². The van der Waals surface area contributed by atoms with E-state index in [2.05, 4.69) is 79.0 Å². The third kappa shape index (κ3) is 5.30. The normalized spacial score (nSPS) is 11.5. The summed E-state index contributed by atoms with van der Waals surface area (Å²) in [6, 6.07) is 16.4. The molecule has 1 aromatic heterocycles. The lowest BCUT2D eigenvalue weighted by molar-refractivity contribution is -0.113. The molecule has 0 aliphatic rings. The molecule has 0 radical (unpaired) electrons. The summed E-state index contributed by atoms with van der Waals surface area (Å²) in [6.45, 7) is 11.5. The Balaban J connectivity index is 1.67. The molecular weight excluding hydrogens is 392 g/mol. The smallest absolute Gasteiger partial charge is 0.234 e. The van der Waals surface area contributed by atoms with Crippen LogP contribution in [-0.4, -0.2) is 26.4 Å². The molecule has 1 heterocycles. The van der Waals surface area contributed by atoms with E-state index in [1.54, 1.807) is 0 Å². The van der Waals surface area contributed by atoms with Gasteiger partial charge < -0.3 is 9.88 Å². The molecule has 0 fully saturated rings. The second-order valence-corrected chi connectivity index (χ2v) is 9.21. The van der Waals surface area contributed by atoms with Crippen molar-refractivity contribution >= 4 is 23.4 Å². The molecule has 6 heteroatoms. The predicted molar refractivity (Wildman–Crippen MR) is 125 cm³/mol. The van der Waals surface area contributed by atoms with Crippen molar-refractivity contribution in [3.8, 4) is 11.4 Å². The molecule has 158 valence electrons. The highest BCUT2D eigenvalue weighted by Crippen LogP contribution is 2.27. The molecule has 0 aliphatic heterocycles. The van der Waals surface area contributed by atoms with Crippen LogP contribution < -0.4 is 5.32 Å². The highest BCUT2D eigenvalue weighted by atomic mass is 32.2. The molecule has 0 spiro atoms. The first-order valence-electron chi connectivity index (χ1n) is 10.4. The number of rotatable bonds is 7. The Bertz CT molecular complexity index is 986. The van der Waals surface area contributed by atoms with Crippen molar-refractivity contribution in [2.75, 3.05) is 11.1 Å². The van der Waals surface area contributed by atoms with Gasteiger partial charge >= 0.3 is 0 Å². The maximum Gasteiger partial charge on any atom is 0.234 e. The predicted octanol–water partition coefficient (Wildman–Crippen LogP) is 5.56. The average Bonchev–Trinajstić information content (AvgIpc) is 3.15. The maximum atomic E-state index is 12.4. The largest absolute Gasteiger partial charge is 0.325 e. The number of thioether (sulfide) groups is 1. The van der Waals surface area contributed by atoms with E-state index < -0.39 is 0 Å². The zero-order chi connectivity index (χ0) is 21.7. The number of hydrogen-bond donors (Lipinski definition) is 1. The summed E-state index contributed by atoms with van der Waals surface area (Å²) in [7, 11) is 0. The van der Waals surface area contributed by atoms with Gasteiger partial charge in [-0.25, -0.2) is 0 Å². The minimum Gasteiger partial charge on any atom is -0.325 e. The molecule has 5 nitrogen and oxygen atoms in total. The molecule has 30 heavy (non-hydrogen) atoms. The van der Waals surface area contributed by atoms with E-state index in [0.717, 1.165) is 35.2 Å². The first-order valence-corrected chi connectivity index (χ1v) is 11.4. The zero-order valence-electron chi connectivity index (χ0n) is 18.4. The number of amides is 1. The van der Waals surface area contributed by atoms with E-state index in [1.165, 1.54) is 22.9 Å². The van der Waals surface area contributed by atoms with Gasteiger partial charge in [0.25, 0.3) is 0 Å². The Morgan fingerprint density at radius 2 is 1.67 bits per heavy atom. The number of benzene rings is 2. The number of carbonyl (C=O) groups is 1. The van der Waals surface area contributed by atoms with Gasteiger partial charge in [-0.05, 0) is 42.0 Å². The summed E-state index contributed by atoms with van der Waals surface area (Å²) in [6.07, 6.45) is 0.984. The van der Waals surface area contributed by atoms with E-state index >= 15 is 0 Å². The van der Waals surface area contributed by atoms with Gasteiger partial charge in [-0.15, -0.1) is 10.2 Å². The highest BCUT2D eigenvalue weighted by Gasteiger charge is 2.17. The van der Waals surface area contributed by atoms with Crippen LogP contribution in [0.1, 0.15) is 45.7 Å². The summed E-state index contributed by atoms with van der Waals surface area (Å²) in [4.78, 5) is 12.4. The van der Waals surface area contributed by atoms with Crippen molar-refractivity contribution < 1.29 is 4.79 Å². The topological polar surface area (TPSA) is 59.8 Å². The number of aryl methyl sites for hydroxylation is 1. The lowest BCUT2D eigenvalue weighted by Gasteiger charge is -2.19. The van der Waals surface area contributed by atoms with Crippen LogP contribution in [0.15, 0.2) is 53.7 Å². The molecule has 0 aliphatic carbocycles. The van der Waals surface area contributed by atoms with Crippen molar-refractivity contribution in [3.63, 3.8) is 0 Å². The SMILES string of the molecule is CCc1ccc(NC(=O)CSc2nnc(-c3ccc(C(C)(C)C)cc3)n2CC)cc1. The van der Waals surface area contributed by atoms with Crippen molar-refractivity contribution in [2.45, 2.75) is 58.2 Å². The van der Waals surface area contributed by atoms with Crippen LogP contribution >= 0.6 is 11.8 Å². The summed E-state index contributed by atoms with van der Waals surface area (Å²) < 4.78 is 2.06. The third-order valence-corrected chi connectivity index (χ3v) is 5.99. The fourth-order valence-corrected chi connectivity index (χ4v) is 3.97. The lowest BCUT2D eigenvalue weighted by atomic mass is 9.87. The Labute approximate surface area is 183 Å². The number of anilines is 1. The molecule has 2 aromatic carbocycles. The molecule has 1 amide bonds. The molecule has 0 atom stereocenters. The van der Waals surface area contributed by atoms with Gasteiger partial charge in [0.1, 0.15) is 0 Å². The summed E-state index contributed by atoms with van der Waals surface area (Å²) in [5.74, 6) is 1.07. The van der Waals surface area contributed by atoms with Gasteiger partial charge in [-0.2, -0.15) is 0 Å². The van der Waals surface area contributed by atoms with E-state index in [1.807, 2.05) is 24.3 Å². The molecule has 1 N–H and O–H groups in total. The molecule has 0 bridgehead atoms. The molecular formula is C24H30N4OS. The van der Waals surface area contributed by atoms with E-state index in [-0.39, 0.29) is 17.1 Å². The van der Waals surface area contributed by atoms with Crippen LogP contribution in [0.25, 0.3) is 11.4 Å². The average molecular weight is 423 g/mol. The minimum atomic E-state index is -0.0500. The van der Waals surface area contributed by atoms with Gasteiger partial charge in [0.2, 0.25) is 5.91 Å². The number of nitrogens with zero attached hydrogens (tertiary/aromatic N) is 3. The van der Waals surface area contributed by atoms with Gasteiger partial charge in [-0.3, -0.25) is 4.79 Å². The van der Waals surface area contributed by atoms with Gasteiger partial charge in [0.05, 0.1) is 5.75 Å². The van der Waals surface area contributed by atoms with Gasteiger partial charge in [0, 0.05) is 17.8 Å². The summed E-state index contributed by atoms with van der Waals surface area (Å²) in [5.41, 5.74) is 4.50. The zero-order valence-corrected chi connectivity index (χ0v) is 19.2. The summed E-state index contributed by atoms with van der Waals surface area (Å²) in [5, 5.41) is 12.4. The maximum absolute atomic E-state index is 12.4. The number of nitrogens with one attached hydrogen (secondary N) is 1. The van der Waals surface area contributed by atoms with E-state index in [9.17, 15) is 4.79 Å². The molecule has 0 unspecified atom stereocenters. The Morgan fingerprint density at radius 1 is 1.00 bits per heavy atom.